The van der Waals surface area contributed by atoms with Crippen LogP contribution in [0, 0.1) is 0 Å². The molecule has 1 fully saturated rings. The van der Waals surface area contributed by atoms with Crippen molar-refractivity contribution in [3.8, 4) is 0 Å². The third kappa shape index (κ3) is 4.11. The molecular formula is C14H22N2O. The molecule has 1 heterocycles. The molecule has 0 aromatic heterocycles. The van der Waals surface area contributed by atoms with E-state index in [1.54, 1.807) is 0 Å². The van der Waals surface area contributed by atoms with E-state index >= 15 is 0 Å². The number of nitrogens with one attached hydrogen (secondary N) is 1. The second kappa shape index (κ2) is 6.15. The maximum atomic E-state index is 9.42. The maximum absolute atomic E-state index is 9.42. The second-order valence-electron chi connectivity index (χ2n) is 4.96. The van der Waals surface area contributed by atoms with E-state index in [1.165, 1.54) is 5.56 Å². The van der Waals surface area contributed by atoms with Gasteiger partial charge in [-0.05, 0) is 18.9 Å². The number of hydrogen-bond acceptors (Lipinski definition) is 3. The minimum atomic E-state index is -0.218. The van der Waals surface area contributed by atoms with Crippen molar-refractivity contribution >= 4 is 0 Å². The zero-order valence-electron chi connectivity index (χ0n) is 10.5. The molecule has 1 saturated heterocycles. The molecular weight excluding hydrogens is 212 g/mol. The fourth-order valence-corrected chi connectivity index (χ4v) is 2.45. The van der Waals surface area contributed by atoms with Gasteiger partial charge in [0, 0.05) is 32.2 Å². The molecule has 1 unspecified atom stereocenters. The highest BCUT2D eigenvalue weighted by Crippen LogP contribution is 2.10. The van der Waals surface area contributed by atoms with Crippen molar-refractivity contribution in [3.05, 3.63) is 35.9 Å². The lowest BCUT2D eigenvalue weighted by molar-refractivity contribution is 0.128. The first-order chi connectivity index (χ1) is 8.24. The summed E-state index contributed by atoms with van der Waals surface area (Å²) in [5, 5.41) is 12.9. The highest BCUT2D eigenvalue weighted by Gasteiger charge is 2.20. The van der Waals surface area contributed by atoms with Gasteiger partial charge in [0.25, 0.3) is 0 Å². The van der Waals surface area contributed by atoms with Crippen LogP contribution in [0.4, 0.5) is 0 Å². The number of aliphatic hydroxyl groups excluding tert-OH is 1. The molecule has 3 nitrogen and oxygen atoms in total. The summed E-state index contributed by atoms with van der Waals surface area (Å²) in [6, 6.07) is 11.0. The van der Waals surface area contributed by atoms with Gasteiger partial charge in [0.15, 0.2) is 0 Å². The molecule has 17 heavy (non-hydrogen) atoms. The fraction of sp³-hybridized carbons (Fsp3) is 0.571. The predicted molar refractivity (Wildman–Crippen MR) is 69.8 cm³/mol. The Morgan fingerprint density at radius 2 is 2.18 bits per heavy atom. The Kier molecular flexibility index (Phi) is 4.54. The molecule has 2 N–H and O–H groups in total. The molecule has 0 radical (unpaired) electrons. The normalized spacial score (nSPS) is 23.5. The molecule has 0 amide bonds. The molecule has 1 aliphatic rings. The van der Waals surface area contributed by atoms with Crippen LogP contribution in [-0.4, -0.2) is 41.8 Å². The maximum Gasteiger partial charge on any atom is 0.0527 e. The Hall–Kier alpha value is -0.900. The number of benzene rings is 1. The molecule has 2 rings (SSSR count). The molecule has 0 spiro atoms. The van der Waals surface area contributed by atoms with E-state index < -0.39 is 0 Å². The van der Waals surface area contributed by atoms with E-state index in [1.807, 2.05) is 6.92 Å². The molecule has 1 aromatic rings. The van der Waals surface area contributed by atoms with E-state index in [0.717, 1.165) is 32.6 Å². The van der Waals surface area contributed by atoms with Crippen LogP contribution >= 0.6 is 0 Å². The summed E-state index contributed by atoms with van der Waals surface area (Å²) in [6.45, 7) is 6.01. The standard InChI is InChI=1S/C14H22N2O/c1-12(17)9-14-11-16(8-7-15-14)10-13-5-3-2-4-6-13/h2-6,12,14-15,17H,7-11H2,1H3/t12?,14-/m0/s1. The first kappa shape index (κ1) is 12.6. The first-order valence-electron chi connectivity index (χ1n) is 6.42. The van der Waals surface area contributed by atoms with Gasteiger partial charge in [0.2, 0.25) is 0 Å². The van der Waals surface area contributed by atoms with Gasteiger partial charge in [0.1, 0.15) is 0 Å². The van der Waals surface area contributed by atoms with Crippen LogP contribution in [0.15, 0.2) is 30.3 Å². The van der Waals surface area contributed by atoms with E-state index in [4.69, 9.17) is 0 Å². The Labute approximate surface area is 103 Å². The summed E-state index contributed by atoms with van der Waals surface area (Å²) in [4.78, 5) is 2.46. The van der Waals surface area contributed by atoms with Gasteiger partial charge in [-0.1, -0.05) is 30.3 Å². The number of aliphatic hydroxyl groups is 1. The van der Waals surface area contributed by atoms with Crippen molar-refractivity contribution in [2.24, 2.45) is 0 Å². The quantitative estimate of drug-likeness (QED) is 0.822. The average molecular weight is 234 g/mol. The Morgan fingerprint density at radius 3 is 2.88 bits per heavy atom. The summed E-state index contributed by atoms with van der Waals surface area (Å²) < 4.78 is 0. The van der Waals surface area contributed by atoms with Crippen molar-refractivity contribution in [2.45, 2.75) is 32.0 Å². The van der Waals surface area contributed by atoms with Gasteiger partial charge in [-0.15, -0.1) is 0 Å². The summed E-state index contributed by atoms with van der Waals surface area (Å²) in [6.07, 6.45) is 0.620. The first-order valence-corrected chi connectivity index (χ1v) is 6.42. The Bertz CT molecular complexity index is 326. The third-order valence-corrected chi connectivity index (χ3v) is 3.21. The third-order valence-electron chi connectivity index (χ3n) is 3.21. The lowest BCUT2D eigenvalue weighted by atomic mass is 10.1. The van der Waals surface area contributed by atoms with Gasteiger partial charge in [-0.25, -0.2) is 0 Å². The highest BCUT2D eigenvalue weighted by atomic mass is 16.3. The fourth-order valence-electron chi connectivity index (χ4n) is 2.45. The van der Waals surface area contributed by atoms with Crippen LogP contribution in [-0.2, 0) is 6.54 Å². The van der Waals surface area contributed by atoms with Crippen molar-refractivity contribution in [1.29, 1.82) is 0 Å². The number of rotatable bonds is 4. The monoisotopic (exact) mass is 234 g/mol. The van der Waals surface area contributed by atoms with E-state index in [2.05, 4.69) is 40.5 Å². The molecule has 1 aromatic carbocycles. The molecule has 94 valence electrons. The minimum absolute atomic E-state index is 0.218. The Balaban J connectivity index is 1.85. The largest absolute Gasteiger partial charge is 0.393 e. The lowest BCUT2D eigenvalue weighted by Crippen LogP contribution is -2.51. The zero-order chi connectivity index (χ0) is 12.1. The lowest BCUT2D eigenvalue weighted by Gasteiger charge is -2.34. The SMILES string of the molecule is CC(O)C[C@H]1CN(Cc2ccccc2)CCN1. The summed E-state index contributed by atoms with van der Waals surface area (Å²) in [7, 11) is 0. The van der Waals surface area contributed by atoms with Crippen LogP contribution in [0.2, 0.25) is 0 Å². The molecule has 1 aliphatic heterocycles. The van der Waals surface area contributed by atoms with Crippen molar-refractivity contribution in [2.75, 3.05) is 19.6 Å². The second-order valence-corrected chi connectivity index (χ2v) is 4.96. The van der Waals surface area contributed by atoms with Crippen LogP contribution in [0.25, 0.3) is 0 Å². The summed E-state index contributed by atoms with van der Waals surface area (Å²) >= 11 is 0. The number of hydrogen-bond donors (Lipinski definition) is 2. The van der Waals surface area contributed by atoms with E-state index in [0.29, 0.717) is 6.04 Å². The van der Waals surface area contributed by atoms with Crippen LogP contribution in [0.3, 0.4) is 0 Å². The van der Waals surface area contributed by atoms with Crippen molar-refractivity contribution in [1.82, 2.24) is 10.2 Å². The molecule has 0 saturated carbocycles. The van der Waals surface area contributed by atoms with Gasteiger partial charge in [-0.2, -0.15) is 0 Å². The van der Waals surface area contributed by atoms with Gasteiger partial charge in [-0.3, -0.25) is 4.90 Å². The minimum Gasteiger partial charge on any atom is -0.393 e. The molecule has 3 heteroatoms. The zero-order valence-corrected chi connectivity index (χ0v) is 10.5. The summed E-state index contributed by atoms with van der Waals surface area (Å²) in [5.41, 5.74) is 1.37. The molecule has 0 bridgehead atoms. The number of piperazine rings is 1. The van der Waals surface area contributed by atoms with Crippen LogP contribution in [0.1, 0.15) is 18.9 Å². The number of nitrogens with zero attached hydrogens (tertiary/aromatic N) is 1. The van der Waals surface area contributed by atoms with E-state index in [9.17, 15) is 5.11 Å². The summed E-state index contributed by atoms with van der Waals surface area (Å²) in [5.74, 6) is 0. The molecule has 2 atom stereocenters. The van der Waals surface area contributed by atoms with Gasteiger partial charge >= 0.3 is 0 Å². The van der Waals surface area contributed by atoms with Crippen LogP contribution in [0.5, 0.6) is 0 Å². The van der Waals surface area contributed by atoms with Crippen molar-refractivity contribution in [3.63, 3.8) is 0 Å². The highest BCUT2D eigenvalue weighted by molar-refractivity contribution is 5.14. The van der Waals surface area contributed by atoms with Crippen LogP contribution < -0.4 is 5.32 Å². The topological polar surface area (TPSA) is 35.5 Å². The van der Waals surface area contributed by atoms with E-state index in [-0.39, 0.29) is 6.10 Å². The van der Waals surface area contributed by atoms with Gasteiger partial charge in [0.05, 0.1) is 6.10 Å². The molecule has 0 aliphatic carbocycles. The smallest absolute Gasteiger partial charge is 0.0527 e. The van der Waals surface area contributed by atoms with Gasteiger partial charge < -0.3 is 10.4 Å². The predicted octanol–water partition coefficient (Wildman–Crippen LogP) is 1.23. The van der Waals surface area contributed by atoms with Crippen molar-refractivity contribution < 1.29 is 5.11 Å². The Morgan fingerprint density at radius 1 is 1.41 bits per heavy atom. The average Bonchev–Trinajstić information content (AvgIpc) is 2.30.